The van der Waals surface area contributed by atoms with Crippen molar-refractivity contribution in [1.82, 2.24) is 5.32 Å². The number of benzene rings is 2. The van der Waals surface area contributed by atoms with Crippen LogP contribution < -0.4 is 10.1 Å². The summed E-state index contributed by atoms with van der Waals surface area (Å²) in [6.45, 7) is 4.64. The molecule has 0 radical (unpaired) electrons. The SMILES string of the molecule is Cc1ccc(OCCNC(=O)C(C)Sc2ccc(Cl)cc2)cc1Cl. The number of thioether (sulfide) groups is 1. The van der Waals surface area contributed by atoms with Crippen LogP contribution >= 0.6 is 35.0 Å². The van der Waals surface area contributed by atoms with Gasteiger partial charge < -0.3 is 10.1 Å². The van der Waals surface area contributed by atoms with E-state index in [1.165, 1.54) is 11.8 Å². The summed E-state index contributed by atoms with van der Waals surface area (Å²) in [5.41, 5.74) is 1.00. The molecule has 0 aromatic heterocycles. The average Bonchev–Trinajstić information content (AvgIpc) is 2.56. The fourth-order valence-corrected chi connectivity index (χ4v) is 3.11. The van der Waals surface area contributed by atoms with Gasteiger partial charge in [0.25, 0.3) is 0 Å². The van der Waals surface area contributed by atoms with E-state index in [9.17, 15) is 4.79 Å². The van der Waals surface area contributed by atoms with E-state index in [0.29, 0.717) is 28.9 Å². The van der Waals surface area contributed by atoms with Crippen LogP contribution in [0.15, 0.2) is 47.4 Å². The third kappa shape index (κ3) is 5.93. The normalized spacial score (nSPS) is 11.8. The Balaban J connectivity index is 1.72. The second-order valence-electron chi connectivity index (χ2n) is 5.26. The van der Waals surface area contributed by atoms with Gasteiger partial charge in [-0.15, -0.1) is 11.8 Å². The fourth-order valence-electron chi connectivity index (χ4n) is 1.92. The molecular weight excluding hydrogens is 365 g/mol. The predicted molar refractivity (Wildman–Crippen MR) is 101 cm³/mol. The van der Waals surface area contributed by atoms with Gasteiger partial charge in [0.15, 0.2) is 0 Å². The van der Waals surface area contributed by atoms with Gasteiger partial charge in [-0.1, -0.05) is 29.3 Å². The van der Waals surface area contributed by atoms with Crippen molar-refractivity contribution in [3.8, 4) is 5.75 Å². The van der Waals surface area contributed by atoms with E-state index >= 15 is 0 Å². The van der Waals surface area contributed by atoms with E-state index in [1.807, 2.05) is 50.2 Å². The summed E-state index contributed by atoms with van der Waals surface area (Å²) < 4.78 is 5.58. The van der Waals surface area contributed by atoms with Gasteiger partial charge in [-0.2, -0.15) is 0 Å². The number of aryl methyl sites for hydroxylation is 1. The molecule has 0 saturated carbocycles. The lowest BCUT2D eigenvalue weighted by atomic mass is 10.2. The molecule has 1 amide bonds. The van der Waals surface area contributed by atoms with Gasteiger partial charge in [0.05, 0.1) is 11.8 Å². The second-order valence-corrected chi connectivity index (χ2v) is 7.52. The van der Waals surface area contributed by atoms with E-state index in [-0.39, 0.29) is 11.2 Å². The molecular formula is C18H19Cl2NO2S. The maximum atomic E-state index is 12.1. The number of carbonyl (C=O) groups is 1. The monoisotopic (exact) mass is 383 g/mol. The molecule has 2 aromatic rings. The van der Waals surface area contributed by atoms with E-state index < -0.39 is 0 Å². The molecule has 128 valence electrons. The first kappa shape index (κ1) is 19.0. The minimum Gasteiger partial charge on any atom is -0.492 e. The Morgan fingerprint density at radius 1 is 1.21 bits per heavy atom. The third-order valence-corrected chi connectivity index (χ3v) is 5.08. The zero-order valence-corrected chi connectivity index (χ0v) is 15.8. The molecule has 0 aliphatic rings. The van der Waals surface area contributed by atoms with Crippen molar-refractivity contribution in [2.24, 2.45) is 0 Å². The minimum absolute atomic E-state index is 0.0273. The Morgan fingerprint density at radius 3 is 2.58 bits per heavy atom. The van der Waals surface area contributed by atoms with Crippen LogP contribution in [0.1, 0.15) is 12.5 Å². The van der Waals surface area contributed by atoms with Gasteiger partial charge in [0, 0.05) is 14.9 Å². The summed E-state index contributed by atoms with van der Waals surface area (Å²) in [5.74, 6) is 0.670. The van der Waals surface area contributed by atoms with E-state index in [4.69, 9.17) is 27.9 Å². The average molecular weight is 384 g/mol. The van der Waals surface area contributed by atoms with Crippen molar-refractivity contribution in [3.05, 3.63) is 58.1 Å². The molecule has 3 nitrogen and oxygen atoms in total. The molecule has 1 N–H and O–H groups in total. The first-order valence-electron chi connectivity index (χ1n) is 7.54. The van der Waals surface area contributed by atoms with Crippen molar-refractivity contribution in [2.75, 3.05) is 13.2 Å². The number of nitrogens with one attached hydrogen (secondary N) is 1. The minimum atomic E-state index is -0.194. The van der Waals surface area contributed by atoms with Crippen LogP contribution in [0.2, 0.25) is 10.0 Å². The van der Waals surface area contributed by atoms with Gasteiger partial charge in [-0.3, -0.25) is 4.79 Å². The van der Waals surface area contributed by atoms with Gasteiger partial charge in [0.2, 0.25) is 5.91 Å². The summed E-state index contributed by atoms with van der Waals surface area (Å²) in [7, 11) is 0. The maximum Gasteiger partial charge on any atom is 0.233 e. The number of ether oxygens (including phenoxy) is 1. The topological polar surface area (TPSA) is 38.3 Å². The molecule has 0 spiro atoms. The van der Waals surface area contributed by atoms with Crippen molar-refractivity contribution >= 4 is 40.9 Å². The van der Waals surface area contributed by atoms with Crippen LogP contribution in [0, 0.1) is 6.92 Å². The van der Waals surface area contributed by atoms with Crippen LogP contribution in [0.25, 0.3) is 0 Å². The van der Waals surface area contributed by atoms with Gasteiger partial charge in [0.1, 0.15) is 12.4 Å². The summed E-state index contributed by atoms with van der Waals surface area (Å²) in [6, 6.07) is 13.0. The highest BCUT2D eigenvalue weighted by Gasteiger charge is 2.13. The highest BCUT2D eigenvalue weighted by Crippen LogP contribution is 2.25. The molecule has 2 aromatic carbocycles. The van der Waals surface area contributed by atoms with Crippen LogP contribution in [-0.4, -0.2) is 24.3 Å². The molecule has 2 rings (SSSR count). The molecule has 6 heteroatoms. The molecule has 0 heterocycles. The molecule has 0 bridgehead atoms. The molecule has 24 heavy (non-hydrogen) atoms. The van der Waals surface area contributed by atoms with Crippen LogP contribution in [-0.2, 0) is 4.79 Å². The fraction of sp³-hybridized carbons (Fsp3) is 0.278. The maximum absolute atomic E-state index is 12.1. The van der Waals surface area contributed by atoms with Crippen LogP contribution in [0.3, 0.4) is 0 Å². The number of hydrogen-bond acceptors (Lipinski definition) is 3. The molecule has 0 aliphatic heterocycles. The quantitative estimate of drug-likeness (QED) is 0.541. The Morgan fingerprint density at radius 2 is 1.92 bits per heavy atom. The number of rotatable bonds is 7. The van der Waals surface area contributed by atoms with Crippen molar-refractivity contribution in [3.63, 3.8) is 0 Å². The Hall–Kier alpha value is -1.36. The lowest BCUT2D eigenvalue weighted by Crippen LogP contribution is -2.33. The number of hydrogen-bond donors (Lipinski definition) is 1. The zero-order valence-electron chi connectivity index (χ0n) is 13.5. The number of carbonyl (C=O) groups excluding carboxylic acids is 1. The first-order chi connectivity index (χ1) is 11.5. The molecule has 0 fully saturated rings. The largest absolute Gasteiger partial charge is 0.492 e. The Bertz CT molecular complexity index is 692. The summed E-state index contributed by atoms with van der Waals surface area (Å²) in [5, 5.41) is 4.03. The lowest BCUT2D eigenvalue weighted by molar-refractivity contribution is -0.120. The van der Waals surface area contributed by atoms with Gasteiger partial charge in [-0.25, -0.2) is 0 Å². The first-order valence-corrected chi connectivity index (χ1v) is 9.18. The third-order valence-electron chi connectivity index (χ3n) is 3.31. The highest BCUT2D eigenvalue weighted by molar-refractivity contribution is 8.00. The van der Waals surface area contributed by atoms with Gasteiger partial charge >= 0.3 is 0 Å². The van der Waals surface area contributed by atoms with Crippen molar-refractivity contribution in [2.45, 2.75) is 24.0 Å². The smallest absolute Gasteiger partial charge is 0.233 e. The van der Waals surface area contributed by atoms with Crippen LogP contribution in [0.5, 0.6) is 5.75 Å². The van der Waals surface area contributed by atoms with Crippen molar-refractivity contribution < 1.29 is 9.53 Å². The summed E-state index contributed by atoms with van der Waals surface area (Å²) >= 11 is 13.4. The highest BCUT2D eigenvalue weighted by atomic mass is 35.5. The number of halogens is 2. The van der Waals surface area contributed by atoms with Gasteiger partial charge in [-0.05, 0) is 55.8 Å². The standard InChI is InChI=1S/C18H19Cl2NO2S/c1-12-3-6-15(11-17(12)20)23-10-9-21-18(22)13(2)24-16-7-4-14(19)5-8-16/h3-8,11,13H,9-10H2,1-2H3,(H,21,22). The lowest BCUT2D eigenvalue weighted by Gasteiger charge is -2.13. The summed E-state index contributed by atoms with van der Waals surface area (Å²) in [4.78, 5) is 13.1. The molecule has 0 aliphatic carbocycles. The second kappa shape index (κ2) is 9.21. The summed E-state index contributed by atoms with van der Waals surface area (Å²) in [6.07, 6.45) is 0. The Kier molecular flexibility index (Phi) is 7.28. The number of amides is 1. The predicted octanol–water partition coefficient (Wildman–Crippen LogP) is 4.98. The van der Waals surface area contributed by atoms with Crippen LogP contribution in [0.4, 0.5) is 0 Å². The van der Waals surface area contributed by atoms with Crippen molar-refractivity contribution in [1.29, 1.82) is 0 Å². The Labute approximate surface area is 156 Å². The van der Waals surface area contributed by atoms with E-state index in [0.717, 1.165) is 10.5 Å². The molecule has 1 atom stereocenters. The zero-order chi connectivity index (χ0) is 17.5. The molecule has 1 unspecified atom stereocenters. The molecule has 0 saturated heterocycles. The van der Waals surface area contributed by atoms with E-state index in [1.54, 1.807) is 6.07 Å². The van der Waals surface area contributed by atoms with E-state index in [2.05, 4.69) is 5.32 Å².